The molecule has 0 spiro atoms. The molecule has 126 valence electrons. The Morgan fingerprint density at radius 1 is 1.12 bits per heavy atom. The number of hydrogen-bond donors (Lipinski definition) is 0. The first-order valence-corrected chi connectivity index (χ1v) is 9.20. The molecule has 3 nitrogen and oxygen atoms in total. The molecule has 5 heteroatoms. The first-order chi connectivity index (χ1) is 12.0. The summed E-state index contributed by atoms with van der Waals surface area (Å²) in [6, 6.07) is 15.1. The highest BCUT2D eigenvalue weighted by Crippen LogP contribution is 2.36. The summed E-state index contributed by atoms with van der Waals surface area (Å²) in [5.41, 5.74) is 3.53. The monoisotopic (exact) mass is 367 g/mol. The first-order valence-electron chi connectivity index (χ1n) is 7.97. The molecule has 25 heavy (non-hydrogen) atoms. The molecule has 0 saturated carbocycles. The van der Waals surface area contributed by atoms with Gasteiger partial charge in [0.05, 0.1) is 10.6 Å². The number of carbonyl (C=O) groups excluding carboxylic acids is 2. The highest BCUT2D eigenvalue weighted by Gasteiger charge is 2.33. The third-order valence-corrected chi connectivity index (χ3v) is 5.31. The van der Waals surface area contributed by atoms with Crippen LogP contribution in [0.2, 0.25) is 0 Å². The van der Waals surface area contributed by atoms with Crippen LogP contribution in [0.1, 0.15) is 35.3 Å². The normalized spacial score (nSPS) is 15.9. The molecule has 2 aromatic rings. The van der Waals surface area contributed by atoms with Gasteiger partial charge in [-0.2, -0.15) is 0 Å². The number of thioether (sulfide) groups is 1. The topological polar surface area (TPSA) is 37.4 Å². The molecule has 0 N–H and O–H groups in total. The Morgan fingerprint density at radius 3 is 2.32 bits per heavy atom. The largest absolute Gasteiger partial charge is 0.295 e. The number of hydrogen-bond acceptors (Lipinski definition) is 4. The lowest BCUT2D eigenvalue weighted by atomic mass is 10.1. The van der Waals surface area contributed by atoms with Crippen molar-refractivity contribution in [2.24, 2.45) is 0 Å². The Balaban J connectivity index is 1.86. The van der Waals surface area contributed by atoms with Crippen molar-refractivity contribution in [2.45, 2.75) is 20.3 Å². The fourth-order valence-electron chi connectivity index (χ4n) is 2.54. The fraction of sp³-hybridized carbons (Fsp3) is 0.150. The van der Waals surface area contributed by atoms with Gasteiger partial charge in [-0.3, -0.25) is 14.5 Å². The Kier molecular flexibility index (Phi) is 5.16. The van der Waals surface area contributed by atoms with Crippen LogP contribution < -0.4 is 4.90 Å². The van der Waals surface area contributed by atoms with Crippen molar-refractivity contribution in [3.05, 3.63) is 70.1 Å². The molecular formula is C20H17NO2S2. The zero-order valence-electron chi connectivity index (χ0n) is 14.0. The van der Waals surface area contributed by atoms with Crippen LogP contribution in [0.5, 0.6) is 0 Å². The molecular weight excluding hydrogens is 350 g/mol. The van der Waals surface area contributed by atoms with Crippen molar-refractivity contribution in [2.75, 3.05) is 4.90 Å². The van der Waals surface area contributed by atoms with Crippen LogP contribution in [0.3, 0.4) is 0 Å². The van der Waals surface area contributed by atoms with E-state index in [-0.39, 0.29) is 11.7 Å². The zero-order valence-corrected chi connectivity index (χ0v) is 15.6. The summed E-state index contributed by atoms with van der Waals surface area (Å²) in [6.07, 6.45) is 2.85. The van der Waals surface area contributed by atoms with E-state index < -0.39 is 0 Å². The van der Waals surface area contributed by atoms with Gasteiger partial charge in [0.15, 0.2) is 10.1 Å². The lowest BCUT2D eigenvalue weighted by molar-refractivity contribution is -0.113. The summed E-state index contributed by atoms with van der Waals surface area (Å²) in [5, 5.41) is 0. The maximum absolute atomic E-state index is 12.7. The minimum absolute atomic E-state index is 0.00707. The number of benzene rings is 2. The van der Waals surface area contributed by atoms with E-state index in [4.69, 9.17) is 12.2 Å². The molecule has 1 aliphatic heterocycles. The summed E-state index contributed by atoms with van der Waals surface area (Å²) in [4.78, 5) is 26.2. The minimum Gasteiger partial charge on any atom is -0.295 e. The number of rotatable bonds is 4. The number of carbonyl (C=O) groups is 2. The number of ketones is 1. The Bertz CT molecular complexity index is 868. The number of thiocarbonyl (C=S) groups is 1. The van der Waals surface area contributed by atoms with Gasteiger partial charge < -0.3 is 0 Å². The van der Waals surface area contributed by atoms with Crippen molar-refractivity contribution < 1.29 is 9.59 Å². The quantitative estimate of drug-likeness (QED) is 0.439. The third kappa shape index (κ3) is 3.72. The molecule has 3 rings (SSSR count). The molecule has 1 fully saturated rings. The van der Waals surface area contributed by atoms with Gasteiger partial charge >= 0.3 is 0 Å². The Morgan fingerprint density at radius 2 is 1.76 bits per heavy atom. The maximum Gasteiger partial charge on any atom is 0.270 e. The zero-order chi connectivity index (χ0) is 18.0. The van der Waals surface area contributed by atoms with E-state index in [2.05, 4.69) is 19.1 Å². The lowest BCUT2D eigenvalue weighted by Crippen LogP contribution is -2.27. The molecule has 0 bridgehead atoms. The van der Waals surface area contributed by atoms with Gasteiger partial charge in [0.1, 0.15) is 0 Å². The SMILES string of the molecule is CCc1ccc(C=C2SC(=S)N(c3ccc(C(C)=O)cc3)C2=O)cc1. The van der Waals surface area contributed by atoms with Crippen LogP contribution in [0.25, 0.3) is 6.08 Å². The molecule has 1 heterocycles. The van der Waals surface area contributed by atoms with Crippen molar-refractivity contribution >= 4 is 51.8 Å². The summed E-state index contributed by atoms with van der Waals surface area (Å²) >= 11 is 6.67. The predicted molar refractivity (Wildman–Crippen MR) is 108 cm³/mol. The lowest BCUT2D eigenvalue weighted by Gasteiger charge is -2.14. The van der Waals surface area contributed by atoms with Crippen LogP contribution >= 0.6 is 24.0 Å². The van der Waals surface area contributed by atoms with Crippen molar-refractivity contribution in [3.8, 4) is 0 Å². The summed E-state index contributed by atoms with van der Waals surface area (Å²) in [5.74, 6) is -0.141. The number of nitrogens with zero attached hydrogens (tertiary/aromatic N) is 1. The fourth-order valence-corrected chi connectivity index (χ4v) is 3.84. The van der Waals surface area contributed by atoms with Crippen LogP contribution in [-0.4, -0.2) is 16.0 Å². The van der Waals surface area contributed by atoms with Crippen LogP contribution in [0.15, 0.2) is 53.4 Å². The Hall–Kier alpha value is -2.24. The molecule has 1 saturated heterocycles. The second-order valence-corrected chi connectivity index (χ2v) is 7.39. The van der Waals surface area contributed by atoms with E-state index in [0.29, 0.717) is 20.5 Å². The predicted octanol–water partition coefficient (Wildman–Crippen LogP) is 4.86. The number of aryl methyl sites for hydroxylation is 1. The second-order valence-electron chi connectivity index (χ2n) is 5.72. The number of Topliss-reactive ketones (excluding diaryl/α,β-unsaturated/α-hetero) is 1. The van der Waals surface area contributed by atoms with Gasteiger partial charge in [-0.25, -0.2) is 0 Å². The summed E-state index contributed by atoms with van der Waals surface area (Å²) in [7, 11) is 0. The molecule has 2 aromatic carbocycles. The van der Waals surface area contributed by atoms with Gasteiger partial charge in [-0.15, -0.1) is 0 Å². The van der Waals surface area contributed by atoms with Gasteiger partial charge in [0, 0.05) is 5.56 Å². The highest BCUT2D eigenvalue weighted by molar-refractivity contribution is 8.27. The van der Waals surface area contributed by atoms with E-state index >= 15 is 0 Å². The van der Waals surface area contributed by atoms with E-state index in [9.17, 15) is 9.59 Å². The first kappa shape index (κ1) is 17.6. The van der Waals surface area contributed by atoms with E-state index in [1.54, 1.807) is 24.3 Å². The van der Waals surface area contributed by atoms with Crippen molar-refractivity contribution in [1.82, 2.24) is 0 Å². The van der Waals surface area contributed by atoms with E-state index in [0.717, 1.165) is 12.0 Å². The molecule has 0 atom stereocenters. The second kappa shape index (κ2) is 7.33. The summed E-state index contributed by atoms with van der Waals surface area (Å²) < 4.78 is 0.497. The van der Waals surface area contributed by atoms with E-state index in [1.807, 2.05) is 18.2 Å². The molecule has 0 aromatic heterocycles. The standard InChI is InChI=1S/C20H17NO2S2/c1-3-14-4-6-15(7-5-14)12-18-19(23)21(20(24)25-18)17-10-8-16(9-11-17)13(2)22/h4-12H,3H2,1-2H3. The van der Waals surface area contributed by atoms with Gasteiger partial charge in [-0.05, 0) is 54.8 Å². The average Bonchev–Trinajstić information content (AvgIpc) is 2.89. The number of anilines is 1. The van der Waals surface area contributed by atoms with Crippen LogP contribution in [0, 0.1) is 0 Å². The van der Waals surface area contributed by atoms with Crippen molar-refractivity contribution in [3.63, 3.8) is 0 Å². The molecule has 0 radical (unpaired) electrons. The van der Waals surface area contributed by atoms with Crippen molar-refractivity contribution in [1.29, 1.82) is 0 Å². The van der Waals surface area contributed by atoms with Gasteiger partial charge in [0.2, 0.25) is 0 Å². The third-order valence-electron chi connectivity index (χ3n) is 4.01. The number of amides is 1. The molecule has 1 aliphatic rings. The van der Waals surface area contributed by atoms with E-state index in [1.165, 1.54) is 29.1 Å². The van der Waals surface area contributed by atoms with Crippen LogP contribution in [-0.2, 0) is 11.2 Å². The van der Waals surface area contributed by atoms with Gasteiger partial charge in [-0.1, -0.05) is 55.2 Å². The highest BCUT2D eigenvalue weighted by atomic mass is 32.2. The minimum atomic E-state index is -0.134. The summed E-state index contributed by atoms with van der Waals surface area (Å²) in [6.45, 7) is 3.62. The van der Waals surface area contributed by atoms with Crippen LogP contribution in [0.4, 0.5) is 5.69 Å². The average molecular weight is 367 g/mol. The molecule has 1 amide bonds. The molecule has 0 aliphatic carbocycles. The maximum atomic E-state index is 12.7. The Labute approximate surface area is 156 Å². The molecule has 0 unspecified atom stereocenters. The smallest absolute Gasteiger partial charge is 0.270 e. The van der Waals surface area contributed by atoms with Gasteiger partial charge in [0.25, 0.3) is 5.91 Å².